The van der Waals surface area contributed by atoms with Crippen molar-refractivity contribution in [3.05, 3.63) is 0 Å². The van der Waals surface area contributed by atoms with Crippen molar-refractivity contribution in [2.24, 2.45) is 5.73 Å². The summed E-state index contributed by atoms with van der Waals surface area (Å²) in [6, 6.07) is 0. The molecule has 0 heterocycles. The van der Waals surface area contributed by atoms with Gasteiger partial charge in [-0.3, -0.25) is 4.79 Å². The van der Waals surface area contributed by atoms with Crippen LogP contribution in [0.15, 0.2) is 0 Å². The summed E-state index contributed by atoms with van der Waals surface area (Å²) < 4.78 is 0. The summed E-state index contributed by atoms with van der Waals surface area (Å²) in [5.74, 6) is 4.74. The van der Waals surface area contributed by atoms with Crippen LogP contribution in [0.5, 0.6) is 0 Å². The lowest BCUT2D eigenvalue weighted by Crippen LogP contribution is -2.47. The Morgan fingerprint density at radius 3 is 2.09 bits per heavy atom. The zero-order valence-electron chi connectivity index (χ0n) is 15.7. The molecule has 0 atom stereocenters. The van der Waals surface area contributed by atoms with E-state index in [2.05, 4.69) is 38.3 Å². The molecule has 0 aromatic carbocycles. The van der Waals surface area contributed by atoms with E-state index in [1.54, 1.807) is 0 Å². The number of rotatable bonds is 14. The summed E-state index contributed by atoms with van der Waals surface area (Å²) in [5.41, 5.74) is 5.81. The molecule has 6 heteroatoms. The van der Waals surface area contributed by atoms with Crippen molar-refractivity contribution in [1.29, 1.82) is 0 Å². The van der Waals surface area contributed by atoms with Gasteiger partial charge >= 0.3 is 0 Å². The Morgan fingerprint density at radius 2 is 1.57 bits per heavy atom. The number of nitrogens with two attached hydrogens (primary N) is 1. The highest BCUT2D eigenvalue weighted by atomic mass is 32.2. The average Bonchev–Trinajstić information content (AvgIpc) is 2.41. The molecule has 0 aliphatic heterocycles. The summed E-state index contributed by atoms with van der Waals surface area (Å²) in [7, 11) is 0. The largest absolute Gasteiger partial charge is 0.350 e. The minimum atomic E-state index is -0.124. The van der Waals surface area contributed by atoms with Gasteiger partial charge < -0.3 is 16.4 Å². The van der Waals surface area contributed by atoms with Crippen molar-refractivity contribution in [3.8, 4) is 0 Å². The van der Waals surface area contributed by atoms with Crippen molar-refractivity contribution in [3.63, 3.8) is 0 Å². The van der Waals surface area contributed by atoms with E-state index < -0.39 is 0 Å². The third-order valence-electron chi connectivity index (χ3n) is 3.35. The molecule has 0 saturated carbocycles. The minimum Gasteiger partial charge on any atom is -0.350 e. The van der Waals surface area contributed by atoms with Gasteiger partial charge in [-0.05, 0) is 76.5 Å². The Bertz CT molecular complexity index is 317. The number of likely N-dealkylation sites (N-methyl/N-ethyl adjacent to an activating group) is 1. The molecule has 0 fully saturated rings. The molecule has 0 bridgehead atoms. The lowest BCUT2D eigenvalue weighted by Gasteiger charge is -2.26. The third kappa shape index (κ3) is 16.7. The number of carbonyl (C=O) groups is 1. The van der Waals surface area contributed by atoms with E-state index in [0.29, 0.717) is 6.54 Å². The maximum absolute atomic E-state index is 11.7. The molecule has 0 aliphatic carbocycles. The number of carbonyl (C=O) groups excluding carboxylic acids is 1. The fourth-order valence-electron chi connectivity index (χ4n) is 1.85. The van der Waals surface area contributed by atoms with E-state index in [1.165, 1.54) is 17.9 Å². The standard InChI is InChI=1S/C17H37N3OS2/c1-6-19-14-15(21)20-17(4,5)9-13-23-11-7-10-22-12-8-16(2,3)18/h19H,6-14,18H2,1-5H3,(H,20,21). The van der Waals surface area contributed by atoms with E-state index in [1.807, 2.05) is 30.4 Å². The highest BCUT2D eigenvalue weighted by Gasteiger charge is 2.19. The third-order valence-corrected chi connectivity index (χ3v) is 5.49. The first kappa shape index (κ1) is 23.1. The van der Waals surface area contributed by atoms with Crippen molar-refractivity contribution >= 4 is 29.4 Å². The van der Waals surface area contributed by atoms with Gasteiger partial charge in [-0.1, -0.05) is 6.92 Å². The van der Waals surface area contributed by atoms with E-state index in [0.717, 1.165) is 30.9 Å². The molecule has 138 valence electrons. The average molecular weight is 364 g/mol. The second-order valence-electron chi connectivity index (χ2n) is 7.28. The molecule has 0 aliphatic rings. The van der Waals surface area contributed by atoms with Crippen LogP contribution >= 0.6 is 23.5 Å². The molecule has 0 rings (SSSR count). The first-order valence-corrected chi connectivity index (χ1v) is 10.9. The first-order chi connectivity index (χ1) is 10.7. The summed E-state index contributed by atoms with van der Waals surface area (Å²) in [4.78, 5) is 11.7. The van der Waals surface area contributed by atoms with Gasteiger partial charge in [0.05, 0.1) is 6.54 Å². The quantitative estimate of drug-likeness (QED) is 0.414. The molecular weight excluding hydrogens is 326 g/mol. The lowest BCUT2D eigenvalue weighted by atomic mass is 10.0. The Balaban J connectivity index is 3.54. The summed E-state index contributed by atoms with van der Waals surface area (Å²) in [5, 5.41) is 6.15. The van der Waals surface area contributed by atoms with Crippen LogP contribution in [0, 0.1) is 0 Å². The van der Waals surface area contributed by atoms with Gasteiger partial charge in [0.2, 0.25) is 5.91 Å². The molecule has 4 N–H and O–H groups in total. The topological polar surface area (TPSA) is 67.2 Å². The molecule has 23 heavy (non-hydrogen) atoms. The van der Waals surface area contributed by atoms with E-state index in [9.17, 15) is 4.79 Å². The second-order valence-corrected chi connectivity index (χ2v) is 9.73. The normalized spacial score (nSPS) is 12.4. The van der Waals surface area contributed by atoms with Gasteiger partial charge in [0.25, 0.3) is 0 Å². The van der Waals surface area contributed by atoms with Gasteiger partial charge in [-0.15, -0.1) is 0 Å². The van der Waals surface area contributed by atoms with Crippen molar-refractivity contribution in [2.75, 3.05) is 36.1 Å². The Hall–Kier alpha value is 0.0900. The molecule has 0 aromatic heterocycles. The number of amides is 1. The van der Waals surface area contributed by atoms with Crippen LogP contribution in [0.3, 0.4) is 0 Å². The monoisotopic (exact) mass is 363 g/mol. The van der Waals surface area contributed by atoms with Gasteiger partial charge in [-0.2, -0.15) is 23.5 Å². The lowest BCUT2D eigenvalue weighted by molar-refractivity contribution is -0.121. The number of hydrogen-bond donors (Lipinski definition) is 3. The molecule has 0 spiro atoms. The van der Waals surface area contributed by atoms with Crippen LogP contribution in [-0.4, -0.2) is 53.1 Å². The predicted octanol–water partition coefficient (Wildman–Crippen LogP) is 2.86. The first-order valence-electron chi connectivity index (χ1n) is 8.62. The Morgan fingerprint density at radius 1 is 1.00 bits per heavy atom. The maximum atomic E-state index is 11.7. The maximum Gasteiger partial charge on any atom is 0.234 e. The Labute approximate surface area is 151 Å². The zero-order chi connectivity index (χ0) is 17.8. The smallest absolute Gasteiger partial charge is 0.234 e. The highest BCUT2D eigenvalue weighted by molar-refractivity contribution is 8.00. The fraction of sp³-hybridized carbons (Fsp3) is 0.941. The molecular formula is C17H37N3OS2. The van der Waals surface area contributed by atoms with E-state index in [-0.39, 0.29) is 17.0 Å². The van der Waals surface area contributed by atoms with Gasteiger partial charge in [0.1, 0.15) is 0 Å². The number of nitrogens with one attached hydrogen (secondary N) is 2. The molecule has 0 saturated heterocycles. The molecule has 1 amide bonds. The summed E-state index contributed by atoms with van der Waals surface area (Å²) in [6.45, 7) is 11.6. The Kier molecular flexibility index (Phi) is 12.5. The van der Waals surface area contributed by atoms with Crippen LogP contribution < -0.4 is 16.4 Å². The van der Waals surface area contributed by atoms with Crippen LogP contribution in [0.1, 0.15) is 53.9 Å². The van der Waals surface area contributed by atoms with E-state index >= 15 is 0 Å². The highest BCUT2D eigenvalue weighted by Crippen LogP contribution is 2.16. The number of hydrogen-bond acceptors (Lipinski definition) is 5. The molecule has 0 radical (unpaired) electrons. The SMILES string of the molecule is CCNCC(=O)NC(C)(C)CCSCCCSCCC(C)(C)N. The molecule has 0 unspecified atom stereocenters. The van der Waals surface area contributed by atoms with Crippen molar-refractivity contribution in [1.82, 2.24) is 10.6 Å². The number of thioether (sulfide) groups is 2. The van der Waals surface area contributed by atoms with Crippen molar-refractivity contribution in [2.45, 2.75) is 65.0 Å². The van der Waals surface area contributed by atoms with Gasteiger partial charge in [-0.25, -0.2) is 0 Å². The molecule has 0 aromatic rings. The van der Waals surface area contributed by atoms with Crippen LogP contribution in [-0.2, 0) is 4.79 Å². The van der Waals surface area contributed by atoms with Crippen molar-refractivity contribution < 1.29 is 4.79 Å². The second kappa shape index (κ2) is 12.5. The minimum absolute atomic E-state index is 0.0373. The molecule has 4 nitrogen and oxygen atoms in total. The van der Waals surface area contributed by atoms with Crippen LogP contribution in [0.2, 0.25) is 0 Å². The van der Waals surface area contributed by atoms with Gasteiger partial charge in [0, 0.05) is 11.1 Å². The summed E-state index contributed by atoms with van der Waals surface area (Å²) in [6.07, 6.45) is 3.32. The van der Waals surface area contributed by atoms with Crippen LogP contribution in [0.4, 0.5) is 0 Å². The summed E-state index contributed by atoms with van der Waals surface area (Å²) >= 11 is 3.99. The van der Waals surface area contributed by atoms with E-state index in [4.69, 9.17) is 5.73 Å². The fourth-order valence-corrected chi connectivity index (χ4v) is 4.47. The zero-order valence-corrected chi connectivity index (χ0v) is 17.3. The van der Waals surface area contributed by atoms with Gasteiger partial charge in [0.15, 0.2) is 0 Å². The van der Waals surface area contributed by atoms with Crippen LogP contribution in [0.25, 0.3) is 0 Å². The predicted molar refractivity (Wildman–Crippen MR) is 108 cm³/mol.